The Morgan fingerprint density at radius 2 is 2.17 bits per heavy atom. The first-order chi connectivity index (χ1) is 14.0. The molecule has 0 saturated carbocycles. The van der Waals surface area contributed by atoms with E-state index in [2.05, 4.69) is 10.3 Å². The van der Waals surface area contributed by atoms with Crippen LogP contribution in [0.5, 0.6) is 0 Å². The van der Waals surface area contributed by atoms with Gasteiger partial charge in [0.05, 0.1) is 31.1 Å². The quantitative estimate of drug-likeness (QED) is 0.662. The predicted molar refractivity (Wildman–Crippen MR) is 109 cm³/mol. The highest BCUT2D eigenvalue weighted by atomic mass is 32.1. The second kappa shape index (κ2) is 8.20. The highest BCUT2D eigenvalue weighted by Crippen LogP contribution is 2.33. The van der Waals surface area contributed by atoms with Gasteiger partial charge in [0.1, 0.15) is 17.1 Å². The third-order valence-corrected chi connectivity index (χ3v) is 6.29. The predicted octanol–water partition coefficient (Wildman–Crippen LogP) is 1.70. The molecule has 0 aromatic carbocycles. The molecule has 1 aliphatic carbocycles. The minimum absolute atomic E-state index is 0.0994. The molecule has 0 unspecified atom stereocenters. The van der Waals surface area contributed by atoms with Gasteiger partial charge in [-0.25, -0.2) is 4.98 Å². The summed E-state index contributed by atoms with van der Waals surface area (Å²) in [7, 11) is 1.54. The van der Waals surface area contributed by atoms with Gasteiger partial charge in [-0.2, -0.15) is 0 Å². The van der Waals surface area contributed by atoms with E-state index >= 15 is 0 Å². The van der Waals surface area contributed by atoms with Crippen molar-refractivity contribution in [2.45, 2.75) is 38.8 Å². The number of furan rings is 1. The molecule has 3 aromatic heterocycles. The monoisotopic (exact) mass is 414 g/mol. The van der Waals surface area contributed by atoms with Crippen LogP contribution in [0.1, 0.15) is 29.0 Å². The van der Waals surface area contributed by atoms with Crippen molar-refractivity contribution in [3.05, 3.63) is 51.3 Å². The number of carbonyl (C=O) groups is 2. The Kier molecular flexibility index (Phi) is 5.48. The number of amides is 2. The summed E-state index contributed by atoms with van der Waals surface area (Å²) in [6, 6.07) is 3.50. The summed E-state index contributed by atoms with van der Waals surface area (Å²) < 4.78 is 6.49. The van der Waals surface area contributed by atoms with Gasteiger partial charge in [-0.15, -0.1) is 11.3 Å². The zero-order chi connectivity index (χ0) is 20.4. The van der Waals surface area contributed by atoms with E-state index in [0.29, 0.717) is 11.1 Å². The molecule has 2 amide bonds. The molecule has 29 heavy (non-hydrogen) atoms. The lowest BCUT2D eigenvalue weighted by molar-refractivity contribution is -0.135. The number of aryl methyl sites for hydroxylation is 2. The molecule has 0 atom stereocenters. The number of aromatic nitrogens is 2. The maximum atomic E-state index is 12.9. The molecule has 1 aliphatic rings. The van der Waals surface area contributed by atoms with Crippen molar-refractivity contribution in [2.75, 3.05) is 13.6 Å². The van der Waals surface area contributed by atoms with E-state index in [-0.39, 0.29) is 37.0 Å². The fourth-order valence-corrected chi connectivity index (χ4v) is 4.74. The number of nitrogens with zero attached hydrogens (tertiary/aromatic N) is 3. The molecule has 0 radical (unpaired) electrons. The summed E-state index contributed by atoms with van der Waals surface area (Å²) in [5.41, 5.74) is 0.916. The molecule has 4 rings (SSSR count). The van der Waals surface area contributed by atoms with Gasteiger partial charge in [0.2, 0.25) is 11.8 Å². The van der Waals surface area contributed by atoms with Crippen LogP contribution in [-0.2, 0) is 35.5 Å². The second-order valence-corrected chi connectivity index (χ2v) is 8.26. The normalized spacial score (nSPS) is 13.3. The maximum Gasteiger partial charge on any atom is 0.262 e. The summed E-state index contributed by atoms with van der Waals surface area (Å²) in [6.45, 7) is 0.0172. The van der Waals surface area contributed by atoms with Crippen molar-refractivity contribution in [2.24, 2.45) is 0 Å². The maximum absolute atomic E-state index is 12.9. The molecule has 9 heteroatoms. The van der Waals surface area contributed by atoms with Gasteiger partial charge < -0.3 is 14.6 Å². The average molecular weight is 414 g/mol. The summed E-state index contributed by atoms with van der Waals surface area (Å²) in [6.07, 6.45) is 7.05. The first-order valence-electron chi connectivity index (χ1n) is 9.55. The number of nitrogens with one attached hydrogen (secondary N) is 1. The summed E-state index contributed by atoms with van der Waals surface area (Å²) >= 11 is 1.58. The third kappa shape index (κ3) is 4.09. The number of rotatable bonds is 6. The van der Waals surface area contributed by atoms with E-state index in [1.807, 2.05) is 0 Å². The topological polar surface area (TPSA) is 97.4 Å². The Labute approximate surface area is 171 Å². The highest BCUT2D eigenvalue weighted by Gasteiger charge is 2.21. The smallest absolute Gasteiger partial charge is 0.262 e. The Balaban J connectivity index is 1.42. The van der Waals surface area contributed by atoms with Crippen molar-refractivity contribution in [1.82, 2.24) is 19.8 Å². The standard InChI is InChI=1S/C20H22N4O4S/c1-23(10-16(25)21-9-13-5-4-8-28-13)17(26)11-24-12-22-19-18(20(24)27)14-6-2-3-7-15(14)29-19/h4-5,8,12H,2-3,6-7,9-11H2,1H3,(H,21,25). The number of hydrogen-bond donors (Lipinski definition) is 1. The Morgan fingerprint density at radius 3 is 2.97 bits per heavy atom. The summed E-state index contributed by atoms with van der Waals surface area (Å²) in [4.78, 5) is 45.2. The van der Waals surface area contributed by atoms with E-state index in [1.165, 1.54) is 34.0 Å². The SMILES string of the molecule is CN(CC(=O)NCc1ccco1)C(=O)Cn1cnc2sc3c(c2c1=O)CCCC3. The molecule has 0 saturated heterocycles. The lowest BCUT2D eigenvalue weighted by atomic mass is 9.97. The first-order valence-corrected chi connectivity index (χ1v) is 10.4. The van der Waals surface area contributed by atoms with Gasteiger partial charge in [-0.05, 0) is 43.4 Å². The molecule has 1 N–H and O–H groups in total. The van der Waals surface area contributed by atoms with Crippen LogP contribution in [0.15, 0.2) is 33.9 Å². The molecular formula is C20H22N4O4S. The van der Waals surface area contributed by atoms with Crippen molar-refractivity contribution in [3.8, 4) is 0 Å². The summed E-state index contributed by atoms with van der Waals surface area (Å²) in [5.74, 6) is 0.00734. The van der Waals surface area contributed by atoms with Crippen LogP contribution in [0.4, 0.5) is 0 Å². The van der Waals surface area contributed by atoms with E-state index in [1.54, 1.807) is 23.5 Å². The average Bonchev–Trinajstić information content (AvgIpc) is 3.36. The molecule has 3 aromatic rings. The molecule has 0 aliphatic heterocycles. The number of thiophene rings is 1. The summed E-state index contributed by atoms with van der Waals surface area (Å²) in [5, 5.41) is 3.35. The van der Waals surface area contributed by atoms with Gasteiger partial charge in [-0.1, -0.05) is 0 Å². The van der Waals surface area contributed by atoms with Gasteiger partial charge in [0.15, 0.2) is 0 Å². The molecule has 152 valence electrons. The highest BCUT2D eigenvalue weighted by molar-refractivity contribution is 7.18. The number of hydrogen-bond acceptors (Lipinski definition) is 6. The van der Waals surface area contributed by atoms with Crippen LogP contribution in [0.25, 0.3) is 10.2 Å². The molecule has 0 spiro atoms. The Bertz CT molecular complexity index is 1100. The van der Waals surface area contributed by atoms with Crippen LogP contribution < -0.4 is 10.9 Å². The number of fused-ring (bicyclic) bond motifs is 3. The fraction of sp³-hybridized carbons (Fsp3) is 0.400. The van der Waals surface area contributed by atoms with Gasteiger partial charge in [-0.3, -0.25) is 19.0 Å². The van der Waals surface area contributed by atoms with Crippen molar-refractivity contribution in [3.63, 3.8) is 0 Å². The van der Waals surface area contributed by atoms with Gasteiger partial charge in [0, 0.05) is 11.9 Å². The number of likely N-dealkylation sites (N-methyl/N-ethyl adjacent to an activating group) is 1. The zero-order valence-electron chi connectivity index (χ0n) is 16.1. The lowest BCUT2D eigenvalue weighted by Crippen LogP contribution is -2.40. The number of carbonyl (C=O) groups excluding carboxylic acids is 2. The van der Waals surface area contributed by atoms with E-state index in [4.69, 9.17) is 4.42 Å². The molecule has 3 heterocycles. The molecule has 0 fully saturated rings. The first kappa shape index (κ1) is 19.4. The van der Waals surface area contributed by atoms with Crippen LogP contribution in [0.3, 0.4) is 0 Å². The molecule has 0 bridgehead atoms. The zero-order valence-corrected chi connectivity index (χ0v) is 17.0. The third-order valence-electron chi connectivity index (χ3n) is 5.09. The van der Waals surface area contributed by atoms with Crippen LogP contribution in [0.2, 0.25) is 0 Å². The van der Waals surface area contributed by atoms with Gasteiger partial charge >= 0.3 is 0 Å². The molecule has 8 nitrogen and oxygen atoms in total. The van der Waals surface area contributed by atoms with E-state index < -0.39 is 0 Å². The van der Waals surface area contributed by atoms with Gasteiger partial charge in [0.25, 0.3) is 5.56 Å². The van der Waals surface area contributed by atoms with Crippen LogP contribution in [-0.4, -0.2) is 39.9 Å². The molecular weight excluding hydrogens is 392 g/mol. The van der Waals surface area contributed by atoms with Crippen molar-refractivity contribution < 1.29 is 14.0 Å². The minimum atomic E-state index is -0.328. The second-order valence-electron chi connectivity index (χ2n) is 7.17. The van der Waals surface area contributed by atoms with Crippen LogP contribution in [0, 0.1) is 0 Å². The Hall–Kier alpha value is -2.94. The van der Waals surface area contributed by atoms with E-state index in [9.17, 15) is 14.4 Å². The van der Waals surface area contributed by atoms with Crippen molar-refractivity contribution >= 4 is 33.4 Å². The minimum Gasteiger partial charge on any atom is -0.467 e. The van der Waals surface area contributed by atoms with E-state index in [0.717, 1.165) is 36.1 Å². The lowest BCUT2D eigenvalue weighted by Gasteiger charge is -2.17. The van der Waals surface area contributed by atoms with Crippen LogP contribution >= 0.6 is 11.3 Å². The largest absolute Gasteiger partial charge is 0.467 e. The Morgan fingerprint density at radius 1 is 1.34 bits per heavy atom. The van der Waals surface area contributed by atoms with Crippen molar-refractivity contribution in [1.29, 1.82) is 0 Å². The fourth-order valence-electron chi connectivity index (χ4n) is 3.52.